The average Bonchev–Trinajstić information content (AvgIpc) is 2.73. The lowest BCUT2D eigenvalue weighted by Crippen LogP contribution is -2.40. The minimum absolute atomic E-state index is 0.107. The summed E-state index contributed by atoms with van der Waals surface area (Å²) in [6.07, 6.45) is 0. The van der Waals surface area contributed by atoms with Crippen LogP contribution in [-0.4, -0.2) is 25.8 Å². The molecule has 3 rings (SSSR count). The maximum atomic E-state index is 12.6. The molecule has 8 heteroatoms. The smallest absolute Gasteiger partial charge is 0.255 e. The van der Waals surface area contributed by atoms with Crippen LogP contribution in [0.4, 0.5) is 11.4 Å². The van der Waals surface area contributed by atoms with E-state index in [2.05, 4.69) is 15.4 Å². The standard InChI is InChI=1S/C24H25N3O4S/c1-24(2,3)27-32(30,31)21-14-12-19(13-15-21)25-23(29)18-10-7-11-20(16-18)26-22(28)17-8-5-4-6-9-17/h4-16,27H,1-3H3,(H,25,29)(H,26,28). The largest absolute Gasteiger partial charge is 0.322 e. The molecule has 166 valence electrons. The van der Waals surface area contributed by atoms with E-state index in [9.17, 15) is 18.0 Å². The second-order valence-corrected chi connectivity index (χ2v) is 9.92. The summed E-state index contributed by atoms with van der Waals surface area (Å²) in [5.41, 5.74) is 1.19. The molecule has 0 fully saturated rings. The van der Waals surface area contributed by atoms with Gasteiger partial charge in [-0.1, -0.05) is 24.3 Å². The van der Waals surface area contributed by atoms with Gasteiger partial charge in [0, 0.05) is 28.0 Å². The van der Waals surface area contributed by atoms with Crippen LogP contribution in [0.2, 0.25) is 0 Å². The summed E-state index contributed by atoms with van der Waals surface area (Å²) in [6.45, 7) is 5.28. The van der Waals surface area contributed by atoms with E-state index in [4.69, 9.17) is 0 Å². The van der Waals surface area contributed by atoms with Gasteiger partial charge in [0.15, 0.2) is 0 Å². The zero-order valence-corrected chi connectivity index (χ0v) is 18.9. The molecule has 3 N–H and O–H groups in total. The third kappa shape index (κ3) is 6.26. The van der Waals surface area contributed by atoms with Crippen molar-refractivity contribution in [2.75, 3.05) is 10.6 Å². The molecule has 3 aromatic rings. The van der Waals surface area contributed by atoms with Crippen LogP contribution < -0.4 is 15.4 Å². The molecule has 0 spiro atoms. The second kappa shape index (κ2) is 9.33. The molecule has 0 atom stereocenters. The van der Waals surface area contributed by atoms with E-state index in [0.717, 1.165) is 0 Å². The number of anilines is 2. The summed E-state index contributed by atoms with van der Waals surface area (Å²) in [4.78, 5) is 25.1. The van der Waals surface area contributed by atoms with Crippen molar-refractivity contribution in [2.24, 2.45) is 0 Å². The zero-order chi connectivity index (χ0) is 23.4. The summed E-state index contributed by atoms with van der Waals surface area (Å²) >= 11 is 0. The number of benzene rings is 3. The quantitative estimate of drug-likeness (QED) is 0.521. The first-order valence-corrected chi connectivity index (χ1v) is 11.4. The lowest BCUT2D eigenvalue weighted by atomic mass is 10.1. The molecule has 0 heterocycles. The predicted molar refractivity (Wildman–Crippen MR) is 125 cm³/mol. The third-order valence-electron chi connectivity index (χ3n) is 4.28. The monoisotopic (exact) mass is 451 g/mol. The molecule has 0 bridgehead atoms. The van der Waals surface area contributed by atoms with Crippen LogP contribution in [0.1, 0.15) is 41.5 Å². The van der Waals surface area contributed by atoms with Crippen molar-refractivity contribution in [3.05, 3.63) is 90.0 Å². The van der Waals surface area contributed by atoms with Crippen molar-refractivity contribution in [3.63, 3.8) is 0 Å². The Labute approximate surface area is 187 Å². The van der Waals surface area contributed by atoms with E-state index in [1.165, 1.54) is 24.3 Å². The Bertz CT molecular complexity index is 1220. The Kier molecular flexibility index (Phi) is 6.76. The minimum Gasteiger partial charge on any atom is -0.322 e. The van der Waals surface area contributed by atoms with Gasteiger partial charge in [-0.25, -0.2) is 13.1 Å². The molecule has 0 aliphatic carbocycles. The van der Waals surface area contributed by atoms with Gasteiger partial charge in [0.05, 0.1) is 4.90 Å². The fourth-order valence-corrected chi connectivity index (χ4v) is 4.33. The number of hydrogen-bond donors (Lipinski definition) is 3. The van der Waals surface area contributed by atoms with E-state index in [1.807, 2.05) is 6.07 Å². The molecule has 0 radical (unpaired) electrons. The summed E-state index contributed by atoms with van der Waals surface area (Å²) in [5, 5.41) is 5.50. The number of hydrogen-bond acceptors (Lipinski definition) is 4. The summed E-state index contributed by atoms with van der Waals surface area (Å²) in [6, 6.07) is 21.2. The molecule has 0 unspecified atom stereocenters. The Hall–Kier alpha value is -3.49. The van der Waals surface area contributed by atoms with Crippen molar-refractivity contribution >= 4 is 33.2 Å². The van der Waals surface area contributed by atoms with Gasteiger partial charge >= 0.3 is 0 Å². The van der Waals surface area contributed by atoms with Gasteiger partial charge in [0.1, 0.15) is 0 Å². The van der Waals surface area contributed by atoms with Crippen LogP contribution >= 0.6 is 0 Å². The lowest BCUT2D eigenvalue weighted by molar-refractivity contribution is 0.101. The summed E-state index contributed by atoms with van der Waals surface area (Å²) in [5.74, 6) is -0.659. The SMILES string of the molecule is CC(C)(C)NS(=O)(=O)c1ccc(NC(=O)c2cccc(NC(=O)c3ccccc3)c2)cc1. The number of rotatable bonds is 6. The van der Waals surface area contributed by atoms with Gasteiger partial charge in [-0.15, -0.1) is 0 Å². The number of amides is 2. The maximum Gasteiger partial charge on any atom is 0.255 e. The van der Waals surface area contributed by atoms with Crippen molar-refractivity contribution in [1.82, 2.24) is 4.72 Å². The fraction of sp³-hybridized carbons (Fsp3) is 0.167. The van der Waals surface area contributed by atoms with E-state index in [-0.39, 0.29) is 16.7 Å². The zero-order valence-electron chi connectivity index (χ0n) is 18.0. The van der Waals surface area contributed by atoms with Gasteiger partial charge in [0.25, 0.3) is 11.8 Å². The average molecular weight is 452 g/mol. The molecular weight excluding hydrogens is 426 g/mol. The number of sulfonamides is 1. The highest BCUT2D eigenvalue weighted by atomic mass is 32.2. The topological polar surface area (TPSA) is 104 Å². The van der Waals surface area contributed by atoms with Crippen LogP contribution in [0.5, 0.6) is 0 Å². The van der Waals surface area contributed by atoms with E-state index in [0.29, 0.717) is 22.5 Å². The Morgan fingerprint density at radius 2 is 1.25 bits per heavy atom. The Balaban J connectivity index is 1.68. The molecule has 0 saturated carbocycles. The van der Waals surface area contributed by atoms with Crippen molar-refractivity contribution < 1.29 is 18.0 Å². The van der Waals surface area contributed by atoms with Crippen molar-refractivity contribution in [3.8, 4) is 0 Å². The molecular formula is C24H25N3O4S. The highest BCUT2D eigenvalue weighted by Crippen LogP contribution is 2.18. The third-order valence-corrected chi connectivity index (χ3v) is 6.06. The fourth-order valence-electron chi connectivity index (χ4n) is 2.91. The predicted octanol–water partition coefficient (Wildman–Crippen LogP) is 4.27. The molecule has 0 aliphatic rings. The van der Waals surface area contributed by atoms with Gasteiger partial charge in [0.2, 0.25) is 10.0 Å². The molecule has 0 saturated heterocycles. The second-order valence-electron chi connectivity index (χ2n) is 8.23. The highest BCUT2D eigenvalue weighted by Gasteiger charge is 2.21. The molecule has 2 amide bonds. The number of nitrogens with one attached hydrogen (secondary N) is 3. The van der Waals surface area contributed by atoms with Crippen LogP contribution in [0.25, 0.3) is 0 Å². The Morgan fingerprint density at radius 3 is 1.88 bits per heavy atom. The first kappa shape index (κ1) is 23.2. The van der Waals surface area contributed by atoms with Crippen LogP contribution in [-0.2, 0) is 10.0 Å². The first-order valence-electron chi connectivity index (χ1n) is 9.95. The Morgan fingerprint density at radius 1 is 0.688 bits per heavy atom. The summed E-state index contributed by atoms with van der Waals surface area (Å²) < 4.78 is 27.4. The minimum atomic E-state index is -3.66. The number of carbonyl (C=O) groups excluding carboxylic acids is 2. The van der Waals surface area contributed by atoms with Crippen molar-refractivity contribution in [2.45, 2.75) is 31.2 Å². The number of carbonyl (C=O) groups is 2. The van der Waals surface area contributed by atoms with Gasteiger partial charge in [-0.2, -0.15) is 0 Å². The highest BCUT2D eigenvalue weighted by molar-refractivity contribution is 7.89. The van der Waals surface area contributed by atoms with Gasteiger partial charge in [-0.05, 0) is 75.4 Å². The van der Waals surface area contributed by atoms with E-state index >= 15 is 0 Å². The lowest BCUT2D eigenvalue weighted by Gasteiger charge is -2.20. The van der Waals surface area contributed by atoms with Gasteiger partial charge < -0.3 is 10.6 Å². The van der Waals surface area contributed by atoms with Crippen LogP contribution in [0, 0.1) is 0 Å². The van der Waals surface area contributed by atoms with Gasteiger partial charge in [-0.3, -0.25) is 9.59 Å². The summed E-state index contributed by atoms with van der Waals surface area (Å²) in [7, 11) is -3.66. The van der Waals surface area contributed by atoms with E-state index < -0.39 is 15.6 Å². The molecule has 0 aliphatic heterocycles. The molecule has 0 aromatic heterocycles. The van der Waals surface area contributed by atoms with Crippen LogP contribution in [0.15, 0.2) is 83.8 Å². The molecule has 32 heavy (non-hydrogen) atoms. The molecule has 7 nitrogen and oxygen atoms in total. The van der Waals surface area contributed by atoms with Crippen molar-refractivity contribution in [1.29, 1.82) is 0 Å². The normalized spacial score (nSPS) is 11.6. The van der Waals surface area contributed by atoms with E-state index in [1.54, 1.807) is 69.3 Å². The maximum absolute atomic E-state index is 12.6. The molecule has 3 aromatic carbocycles. The van der Waals surface area contributed by atoms with Crippen LogP contribution in [0.3, 0.4) is 0 Å². The first-order chi connectivity index (χ1) is 15.0.